The van der Waals surface area contributed by atoms with Gasteiger partial charge in [-0.05, 0) is 19.3 Å². The number of hydrogen-bond acceptors (Lipinski definition) is 3. The van der Waals surface area contributed by atoms with Crippen molar-refractivity contribution in [3.63, 3.8) is 0 Å². The third-order valence-corrected chi connectivity index (χ3v) is 3.09. The molecule has 1 atom stereocenters. The van der Waals surface area contributed by atoms with Crippen molar-refractivity contribution in [1.82, 2.24) is 5.32 Å². The van der Waals surface area contributed by atoms with E-state index >= 15 is 0 Å². The van der Waals surface area contributed by atoms with Crippen molar-refractivity contribution in [2.24, 2.45) is 0 Å². The predicted octanol–water partition coefficient (Wildman–Crippen LogP) is 1.13. The number of carboxylic acids is 1. The highest BCUT2D eigenvalue weighted by atomic mass is 16.4. The Labute approximate surface area is 90.7 Å². The second-order valence-corrected chi connectivity index (χ2v) is 4.49. The van der Waals surface area contributed by atoms with Crippen molar-refractivity contribution < 1.29 is 15.0 Å². The van der Waals surface area contributed by atoms with Crippen LogP contribution in [0.5, 0.6) is 0 Å². The summed E-state index contributed by atoms with van der Waals surface area (Å²) in [5.74, 6) is -0.821. The van der Waals surface area contributed by atoms with Gasteiger partial charge in [-0.1, -0.05) is 26.2 Å². The Hall–Kier alpha value is -0.610. The topological polar surface area (TPSA) is 69.6 Å². The molecule has 0 saturated heterocycles. The minimum atomic E-state index is -0.821. The Morgan fingerprint density at radius 3 is 2.53 bits per heavy atom. The van der Waals surface area contributed by atoms with Gasteiger partial charge < -0.3 is 15.5 Å². The molecule has 3 N–H and O–H groups in total. The van der Waals surface area contributed by atoms with Gasteiger partial charge in [0.25, 0.3) is 0 Å². The molecule has 1 aliphatic carbocycles. The molecule has 0 aliphatic heterocycles. The van der Waals surface area contributed by atoms with Crippen LogP contribution in [0.3, 0.4) is 0 Å². The first-order valence-electron chi connectivity index (χ1n) is 5.76. The zero-order valence-corrected chi connectivity index (χ0v) is 9.33. The average Bonchev–Trinajstić information content (AvgIpc) is 2.60. The lowest BCUT2D eigenvalue weighted by Crippen LogP contribution is -2.45. The summed E-state index contributed by atoms with van der Waals surface area (Å²) in [6.45, 7) is 2.37. The summed E-state index contributed by atoms with van der Waals surface area (Å²) in [7, 11) is 0. The minimum absolute atomic E-state index is 0.407. The molecule has 1 aliphatic rings. The highest BCUT2D eigenvalue weighted by Gasteiger charge is 2.32. The van der Waals surface area contributed by atoms with Gasteiger partial charge in [0.05, 0.1) is 5.60 Å². The Morgan fingerprint density at radius 2 is 2.07 bits per heavy atom. The van der Waals surface area contributed by atoms with Crippen LogP contribution in [0.2, 0.25) is 0 Å². The van der Waals surface area contributed by atoms with Crippen molar-refractivity contribution >= 4 is 5.97 Å². The summed E-state index contributed by atoms with van der Waals surface area (Å²) >= 11 is 0. The first kappa shape index (κ1) is 12.5. The molecule has 0 aromatic rings. The zero-order valence-electron chi connectivity index (χ0n) is 9.33. The summed E-state index contributed by atoms with van der Waals surface area (Å²) in [6, 6.07) is -0.514. The molecule has 0 bridgehead atoms. The number of hydrogen-bond donors (Lipinski definition) is 3. The van der Waals surface area contributed by atoms with Crippen LogP contribution in [0.15, 0.2) is 0 Å². The maximum absolute atomic E-state index is 10.9. The molecule has 0 heterocycles. The third-order valence-electron chi connectivity index (χ3n) is 3.09. The van der Waals surface area contributed by atoms with E-state index in [0.29, 0.717) is 13.0 Å². The van der Waals surface area contributed by atoms with Gasteiger partial charge in [-0.2, -0.15) is 0 Å². The maximum atomic E-state index is 10.9. The van der Waals surface area contributed by atoms with Gasteiger partial charge >= 0.3 is 5.97 Å². The quantitative estimate of drug-likeness (QED) is 0.621. The van der Waals surface area contributed by atoms with Crippen molar-refractivity contribution in [1.29, 1.82) is 0 Å². The standard InChI is InChI=1S/C11H21NO3/c1-2-5-9(10(13)14)12-8-11(15)6-3-4-7-11/h9,12,15H,2-8H2,1H3,(H,13,14). The van der Waals surface area contributed by atoms with Gasteiger partial charge in [0, 0.05) is 6.54 Å². The molecule has 15 heavy (non-hydrogen) atoms. The van der Waals surface area contributed by atoms with E-state index in [4.69, 9.17) is 5.11 Å². The van der Waals surface area contributed by atoms with Crippen LogP contribution < -0.4 is 5.32 Å². The molecule has 4 heteroatoms. The van der Waals surface area contributed by atoms with E-state index in [0.717, 1.165) is 32.1 Å². The summed E-state index contributed by atoms with van der Waals surface area (Å²) in [4.78, 5) is 10.9. The maximum Gasteiger partial charge on any atom is 0.320 e. The first-order chi connectivity index (χ1) is 7.07. The fourth-order valence-corrected chi connectivity index (χ4v) is 2.12. The van der Waals surface area contributed by atoms with Crippen LogP contribution >= 0.6 is 0 Å². The summed E-state index contributed by atoms with van der Waals surface area (Å²) in [5.41, 5.74) is -0.665. The molecular weight excluding hydrogens is 194 g/mol. The molecule has 1 saturated carbocycles. The number of aliphatic hydroxyl groups is 1. The van der Waals surface area contributed by atoms with E-state index in [1.54, 1.807) is 0 Å². The Balaban J connectivity index is 2.35. The Bertz CT molecular complexity index is 212. The molecule has 1 unspecified atom stereocenters. The number of carbonyl (C=O) groups is 1. The Kier molecular flexibility index (Phi) is 4.54. The molecule has 1 fully saturated rings. The monoisotopic (exact) mass is 215 g/mol. The van der Waals surface area contributed by atoms with Crippen molar-refractivity contribution in [3.05, 3.63) is 0 Å². The van der Waals surface area contributed by atoms with E-state index in [1.807, 2.05) is 6.92 Å². The van der Waals surface area contributed by atoms with Crippen LogP contribution in [0.4, 0.5) is 0 Å². The molecule has 0 aromatic heterocycles. The minimum Gasteiger partial charge on any atom is -0.480 e. The molecule has 88 valence electrons. The number of rotatable bonds is 6. The Morgan fingerprint density at radius 1 is 1.47 bits per heavy atom. The highest BCUT2D eigenvalue weighted by molar-refractivity contribution is 5.73. The van der Waals surface area contributed by atoms with E-state index in [1.165, 1.54) is 0 Å². The fraction of sp³-hybridized carbons (Fsp3) is 0.909. The van der Waals surface area contributed by atoms with Gasteiger partial charge in [0.1, 0.15) is 6.04 Å². The number of aliphatic carboxylic acids is 1. The lowest BCUT2D eigenvalue weighted by Gasteiger charge is -2.24. The van der Waals surface area contributed by atoms with E-state index < -0.39 is 17.6 Å². The smallest absolute Gasteiger partial charge is 0.320 e. The zero-order chi connectivity index (χ0) is 11.3. The van der Waals surface area contributed by atoms with E-state index in [2.05, 4.69) is 5.32 Å². The number of carboxylic acid groups (broad SMARTS) is 1. The van der Waals surface area contributed by atoms with Crippen molar-refractivity contribution in [2.75, 3.05) is 6.54 Å². The van der Waals surface area contributed by atoms with E-state index in [-0.39, 0.29) is 0 Å². The first-order valence-corrected chi connectivity index (χ1v) is 5.76. The second kappa shape index (κ2) is 5.47. The largest absolute Gasteiger partial charge is 0.480 e. The second-order valence-electron chi connectivity index (χ2n) is 4.49. The van der Waals surface area contributed by atoms with Gasteiger partial charge in [-0.3, -0.25) is 4.79 Å². The number of nitrogens with one attached hydrogen (secondary N) is 1. The molecule has 0 amide bonds. The van der Waals surface area contributed by atoms with Crippen molar-refractivity contribution in [2.45, 2.75) is 57.1 Å². The van der Waals surface area contributed by atoms with Gasteiger partial charge in [-0.25, -0.2) is 0 Å². The summed E-state index contributed by atoms with van der Waals surface area (Å²) < 4.78 is 0. The van der Waals surface area contributed by atoms with Gasteiger partial charge in [0.15, 0.2) is 0 Å². The van der Waals surface area contributed by atoms with Crippen LogP contribution in [-0.2, 0) is 4.79 Å². The van der Waals surface area contributed by atoms with Crippen LogP contribution in [0.25, 0.3) is 0 Å². The highest BCUT2D eigenvalue weighted by Crippen LogP contribution is 2.28. The summed E-state index contributed by atoms with van der Waals surface area (Å²) in [5, 5.41) is 21.9. The van der Waals surface area contributed by atoms with Crippen LogP contribution in [0.1, 0.15) is 45.4 Å². The third kappa shape index (κ3) is 3.80. The van der Waals surface area contributed by atoms with Gasteiger partial charge in [-0.15, -0.1) is 0 Å². The van der Waals surface area contributed by atoms with Crippen LogP contribution in [0, 0.1) is 0 Å². The summed E-state index contributed by atoms with van der Waals surface area (Å²) in [6.07, 6.45) is 5.12. The fourth-order valence-electron chi connectivity index (χ4n) is 2.12. The van der Waals surface area contributed by atoms with E-state index in [9.17, 15) is 9.90 Å². The SMILES string of the molecule is CCCC(NCC1(O)CCCC1)C(=O)O. The lowest BCUT2D eigenvalue weighted by molar-refractivity contribution is -0.139. The van der Waals surface area contributed by atoms with Crippen molar-refractivity contribution in [3.8, 4) is 0 Å². The molecular formula is C11H21NO3. The van der Waals surface area contributed by atoms with Crippen LogP contribution in [-0.4, -0.2) is 34.4 Å². The lowest BCUT2D eigenvalue weighted by atomic mass is 10.0. The van der Waals surface area contributed by atoms with Gasteiger partial charge in [0.2, 0.25) is 0 Å². The molecule has 0 aromatic carbocycles. The molecule has 1 rings (SSSR count). The molecule has 4 nitrogen and oxygen atoms in total. The molecule has 0 spiro atoms. The average molecular weight is 215 g/mol. The molecule has 0 radical (unpaired) electrons. The predicted molar refractivity (Wildman–Crippen MR) is 57.8 cm³/mol. The normalized spacial score (nSPS) is 21.5.